The fourth-order valence-electron chi connectivity index (χ4n) is 0.914. The highest BCUT2D eigenvalue weighted by molar-refractivity contribution is 7.81. The van der Waals surface area contributed by atoms with Crippen LogP contribution in [0.5, 0.6) is 0 Å². The van der Waals surface area contributed by atoms with Gasteiger partial charge in [-0.15, -0.1) is 0 Å². The van der Waals surface area contributed by atoms with Crippen molar-refractivity contribution in [3.63, 3.8) is 0 Å². The number of carbonyl (C=O) groups excluding carboxylic acids is 1. The van der Waals surface area contributed by atoms with Gasteiger partial charge in [-0.1, -0.05) is 0 Å². The predicted molar refractivity (Wildman–Crippen MR) is 56.0 cm³/mol. The van der Waals surface area contributed by atoms with Crippen LogP contribution in [0.1, 0.15) is 11.6 Å². The van der Waals surface area contributed by atoms with Crippen LogP contribution in [-0.4, -0.2) is 18.3 Å². The molecule has 2 N–H and O–H groups in total. The molecule has 0 fully saturated rings. The summed E-state index contributed by atoms with van der Waals surface area (Å²) in [6, 6.07) is 1.48. The molecule has 13 heavy (non-hydrogen) atoms. The van der Waals surface area contributed by atoms with Crippen LogP contribution >= 0.6 is 24.0 Å². The second-order valence-corrected chi connectivity index (χ2v) is 3.89. The number of hydrogen-bond donors (Lipinski definition) is 2. The van der Waals surface area contributed by atoms with E-state index in [4.69, 9.17) is 5.73 Å². The van der Waals surface area contributed by atoms with E-state index in [1.807, 2.05) is 16.8 Å². The van der Waals surface area contributed by atoms with Crippen molar-refractivity contribution >= 4 is 29.9 Å². The standard InChI is InChI=1S/C8H11NO2S2/c1-11-8(10)7(12)6(9)5-2-3-13-4-5/h2-4,6-7,12H,9H2,1H3. The maximum atomic E-state index is 11.1. The van der Waals surface area contributed by atoms with Gasteiger partial charge in [-0.25, -0.2) is 0 Å². The van der Waals surface area contributed by atoms with E-state index in [1.54, 1.807) is 0 Å². The molecule has 0 saturated carbocycles. The van der Waals surface area contributed by atoms with Gasteiger partial charge in [0.1, 0.15) is 5.25 Å². The normalized spacial score (nSPS) is 15.0. The number of nitrogens with two attached hydrogens (primary N) is 1. The van der Waals surface area contributed by atoms with Crippen molar-refractivity contribution in [3.05, 3.63) is 22.4 Å². The van der Waals surface area contributed by atoms with Gasteiger partial charge in [-0.2, -0.15) is 24.0 Å². The highest BCUT2D eigenvalue weighted by Gasteiger charge is 2.23. The number of ether oxygens (including phenoxy) is 1. The van der Waals surface area contributed by atoms with Crippen molar-refractivity contribution in [1.29, 1.82) is 0 Å². The summed E-state index contributed by atoms with van der Waals surface area (Å²) in [5, 5.41) is 3.21. The zero-order valence-electron chi connectivity index (χ0n) is 7.14. The number of rotatable bonds is 3. The number of thiophene rings is 1. The lowest BCUT2D eigenvalue weighted by molar-refractivity contribution is -0.140. The summed E-state index contributed by atoms with van der Waals surface area (Å²) < 4.78 is 4.54. The van der Waals surface area contributed by atoms with Crippen molar-refractivity contribution in [2.75, 3.05) is 7.11 Å². The number of carbonyl (C=O) groups is 1. The van der Waals surface area contributed by atoms with Crippen molar-refractivity contribution in [2.24, 2.45) is 5.73 Å². The Labute approximate surface area is 86.3 Å². The average Bonchev–Trinajstić information content (AvgIpc) is 2.67. The van der Waals surface area contributed by atoms with Gasteiger partial charge >= 0.3 is 5.97 Å². The van der Waals surface area contributed by atoms with E-state index in [0.717, 1.165) is 5.56 Å². The Hall–Kier alpha value is -0.520. The molecular formula is C8H11NO2S2. The molecule has 5 heteroatoms. The molecule has 2 atom stereocenters. The summed E-state index contributed by atoms with van der Waals surface area (Å²) in [4.78, 5) is 11.1. The van der Waals surface area contributed by atoms with Crippen LogP contribution in [0.4, 0.5) is 0 Å². The Bertz CT molecular complexity index is 274. The van der Waals surface area contributed by atoms with Crippen molar-refractivity contribution < 1.29 is 9.53 Å². The lowest BCUT2D eigenvalue weighted by atomic mass is 10.1. The second-order valence-electron chi connectivity index (χ2n) is 2.55. The van der Waals surface area contributed by atoms with Crippen LogP contribution in [0.25, 0.3) is 0 Å². The first-order valence-electron chi connectivity index (χ1n) is 3.70. The van der Waals surface area contributed by atoms with Crippen LogP contribution in [0.2, 0.25) is 0 Å². The van der Waals surface area contributed by atoms with E-state index in [2.05, 4.69) is 17.4 Å². The van der Waals surface area contributed by atoms with E-state index < -0.39 is 17.3 Å². The number of thiol groups is 1. The van der Waals surface area contributed by atoms with Crippen molar-refractivity contribution in [1.82, 2.24) is 0 Å². The average molecular weight is 217 g/mol. The maximum absolute atomic E-state index is 11.1. The van der Waals surface area contributed by atoms with E-state index in [9.17, 15) is 4.79 Å². The van der Waals surface area contributed by atoms with E-state index in [1.165, 1.54) is 18.4 Å². The lowest BCUT2D eigenvalue weighted by Crippen LogP contribution is -2.29. The van der Waals surface area contributed by atoms with Gasteiger partial charge in [-0.05, 0) is 22.4 Å². The molecular weight excluding hydrogens is 206 g/mol. The zero-order chi connectivity index (χ0) is 9.84. The molecule has 0 amide bonds. The molecule has 1 heterocycles. The molecule has 3 nitrogen and oxygen atoms in total. The van der Waals surface area contributed by atoms with Crippen LogP contribution in [-0.2, 0) is 9.53 Å². The van der Waals surface area contributed by atoms with Gasteiger partial charge in [-0.3, -0.25) is 4.79 Å². The highest BCUT2D eigenvalue weighted by Crippen LogP contribution is 2.21. The highest BCUT2D eigenvalue weighted by atomic mass is 32.1. The molecule has 1 rings (SSSR count). The summed E-state index contributed by atoms with van der Waals surface area (Å²) in [7, 11) is 1.33. The van der Waals surface area contributed by atoms with E-state index >= 15 is 0 Å². The fraction of sp³-hybridized carbons (Fsp3) is 0.375. The molecule has 0 saturated heterocycles. The molecule has 72 valence electrons. The molecule has 0 radical (unpaired) electrons. The van der Waals surface area contributed by atoms with Crippen LogP contribution < -0.4 is 5.73 Å². The van der Waals surface area contributed by atoms with E-state index in [-0.39, 0.29) is 0 Å². The van der Waals surface area contributed by atoms with E-state index in [0.29, 0.717) is 0 Å². The minimum absolute atomic E-state index is 0.401. The third kappa shape index (κ3) is 2.46. The summed E-state index contributed by atoms with van der Waals surface area (Å²) in [5.41, 5.74) is 6.70. The number of hydrogen-bond acceptors (Lipinski definition) is 5. The minimum Gasteiger partial charge on any atom is -0.468 e. The Balaban J connectivity index is 2.68. The molecule has 0 aromatic carbocycles. The third-order valence-corrected chi connectivity index (χ3v) is 2.94. The molecule has 2 unspecified atom stereocenters. The number of methoxy groups -OCH3 is 1. The van der Waals surface area contributed by atoms with Crippen molar-refractivity contribution in [3.8, 4) is 0 Å². The molecule has 1 aromatic rings. The topological polar surface area (TPSA) is 52.3 Å². The summed E-state index contributed by atoms with van der Waals surface area (Å²) in [5.74, 6) is -0.401. The predicted octanol–water partition coefficient (Wildman–Crippen LogP) is 1.22. The first-order chi connectivity index (χ1) is 6.16. The quantitative estimate of drug-likeness (QED) is 0.591. The molecule has 1 aromatic heterocycles. The lowest BCUT2D eigenvalue weighted by Gasteiger charge is -2.15. The summed E-state index contributed by atoms with van der Waals surface area (Å²) >= 11 is 5.63. The minimum atomic E-state index is -0.598. The van der Waals surface area contributed by atoms with Gasteiger partial charge in [0.25, 0.3) is 0 Å². The largest absolute Gasteiger partial charge is 0.468 e. The Morgan fingerprint density at radius 3 is 2.92 bits per heavy atom. The Morgan fingerprint density at radius 1 is 1.77 bits per heavy atom. The Morgan fingerprint density at radius 2 is 2.46 bits per heavy atom. The smallest absolute Gasteiger partial charge is 0.320 e. The molecule has 0 aliphatic carbocycles. The molecule has 0 bridgehead atoms. The molecule has 0 aliphatic heterocycles. The van der Waals surface area contributed by atoms with Gasteiger partial charge in [0.15, 0.2) is 0 Å². The third-order valence-electron chi connectivity index (χ3n) is 1.71. The fourth-order valence-corrected chi connectivity index (χ4v) is 1.90. The van der Waals surface area contributed by atoms with Crippen molar-refractivity contribution in [2.45, 2.75) is 11.3 Å². The second kappa shape index (κ2) is 4.64. The molecule has 0 aliphatic rings. The van der Waals surface area contributed by atoms with Crippen LogP contribution in [0, 0.1) is 0 Å². The monoisotopic (exact) mass is 217 g/mol. The summed E-state index contributed by atoms with van der Waals surface area (Å²) in [6.07, 6.45) is 0. The molecule has 0 spiro atoms. The maximum Gasteiger partial charge on any atom is 0.320 e. The number of esters is 1. The Kier molecular flexibility index (Phi) is 3.77. The first kappa shape index (κ1) is 10.6. The first-order valence-corrected chi connectivity index (χ1v) is 5.16. The summed E-state index contributed by atoms with van der Waals surface area (Å²) in [6.45, 7) is 0. The van der Waals surface area contributed by atoms with Gasteiger partial charge in [0.2, 0.25) is 0 Å². The van der Waals surface area contributed by atoms with Gasteiger partial charge in [0.05, 0.1) is 13.2 Å². The SMILES string of the molecule is COC(=O)C(S)C(N)c1ccsc1. The van der Waals surface area contributed by atoms with Gasteiger partial charge < -0.3 is 10.5 Å². The van der Waals surface area contributed by atoms with Crippen LogP contribution in [0.15, 0.2) is 16.8 Å². The zero-order valence-corrected chi connectivity index (χ0v) is 8.85. The van der Waals surface area contributed by atoms with Gasteiger partial charge in [0, 0.05) is 0 Å². The van der Waals surface area contributed by atoms with Crippen LogP contribution in [0.3, 0.4) is 0 Å².